The molecule has 4 rings (SSSR count). The molecule has 1 saturated carbocycles. The first-order chi connectivity index (χ1) is 15.7. The van der Waals surface area contributed by atoms with Crippen molar-refractivity contribution < 1.29 is 23.1 Å². The van der Waals surface area contributed by atoms with Crippen molar-refractivity contribution in [1.29, 1.82) is 0 Å². The number of hydrogen-bond acceptors (Lipinski definition) is 5. The van der Waals surface area contributed by atoms with E-state index in [0.717, 1.165) is 5.56 Å². The molecule has 0 radical (unpaired) electrons. The number of carbonyl (C=O) groups excluding carboxylic acids is 2. The Hall–Kier alpha value is -2.36. The van der Waals surface area contributed by atoms with E-state index in [9.17, 15) is 18.0 Å². The summed E-state index contributed by atoms with van der Waals surface area (Å²) < 4.78 is 26.8. The second-order valence-electron chi connectivity index (χ2n) is 8.84. The van der Waals surface area contributed by atoms with Crippen molar-refractivity contribution in [3.8, 4) is 0 Å². The van der Waals surface area contributed by atoms with E-state index < -0.39 is 19.8 Å². The monoisotopic (exact) mass is 493 g/mol. The molecule has 1 aliphatic heterocycles. The Morgan fingerprint density at radius 1 is 1.18 bits per heavy atom. The molecule has 1 aromatic heterocycles. The number of nitrogens with one attached hydrogen (secondary N) is 1. The van der Waals surface area contributed by atoms with Crippen LogP contribution in [0.3, 0.4) is 0 Å². The van der Waals surface area contributed by atoms with Gasteiger partial charge in [-0.15, -0.1) is 0 Å². The van der Waals surface area contributed by atoms with Gasteiger partial charge in [0.1, 0.15) is 11.4 Å². The highest BCUT2D eigenvalue weighted by Crippen LogP contribution is 2.47. The lowest BCUT2D eigenvalue weighted by molar-refractivity contribution is 0.0698. The SMILES string of the molecule is C[C@@H](CCO)S(=O)(=O)C1(CN2CCn3c(C(=O)NCc4ccc(Cl)cc4)ccc3C2=O)CC1. The third kappa shape index (κ3) is 4.54. The quantitative estimate of drug-likeness (QED) is 0.557. The molecule has 10 heteroatoms. The minimum atomic E-state index is -3.47. The van der Waals surface area contributed by atoms with Crippen LogP contribution in [0.1, 0.15) is 52.7 Å². The Kier molecular flexibility index (Phi) is 6.57. The number of benzene rings is 1. The van der Waals surface area contributed by atoms with Gasteiger partial charge in [-0.05, 0) is 56.0 Å². The first-order valence-electron chi connectivity index (χ1n) is 11.0. The molecular formula is C23H28ClN3O5S. The maximum Gasteiger partial charge on any atom is 0.270 e. The van der Waals surface area contributed by atoms with E-state index in [4.69, 9.17) is 16.7 Å². The Labute approximate surface area is 198 Å². The molecule has 1 fully saturated rings. The van der Waals surface area contributed by atoms with Crippen LogP contribution in [0.4, 0.5) is 0 Å². The van der Waals surface area contributed by atoms with Gasteiger partial charge in [0, 0.05) is 37.8 Å². The van der Waals surface area contributed by atoms with Gasteiger partial charge in [0.15, 0.2) is 9.84 Å². The molecule has 2 heterocycles. The molecule has 0 saturated heterocycles. The van der Waals surface area contributed by atoms with Gasteiger partial charge in [-0.1, -0.05) is 23.7 Å². The van der Waals surface area contributed by atoms with Crippen LogP contribution in [0, 0.1) is 0 Å². The molecule has 1 aromatic carbocycles. The average molecular weight is 494 g/mol. The van der Waals surface area contributed by atoms with Crippen molar-refractivity contribution in [1.82, 2.24) is 14.8 Å². The first kappa shape index (κ1) is 23.8. The number of amides is 2. The number of carbonyl (C=O) groups is 2. The number of aliphatic hydroxyl groups excluding tert-OH is 1. The van der Waals surface area contributed by atoms with Crippen LogP contribution in [-0.4, -0.2) is 64.5 Å². The average Bonchev–Trinajstić information content (AvgIpc) is 3.46. The van der Waals surface area contributed by atoms with Gasteiger partial charge >= 0.3 is 0 Å². The lowest BCUT2D eigenvalue weighted by Crippen LogP contribution is -2.48. The fourth-order valence-electron chi connectivity index (χ4n) is 4.39. The van der Waals surface area contributed by atoms with Crippen LogP contribution in [-0.2, 0) is 22.9 Å². The van der Waals surface area contributed by atoms with Gasteiger partial charge in [0.2, 0.25) is 0 Å². The first-order valence-corrected chi connectivity index (χ1v) is 13.0. The third-order valence-electron chi connectivity index (χ3n) is 6.64. The second-order valence-corrected chi connectivity index (χ2v) is 12.0. The van der Waals surface area contributed by atoms with E-state index in [2.05, 4.69) is 5.32 Å². The smallest absolute Gasteiger partial charge is 0.270 e. The normalized spacial score (nSPS) is 18.0. The number of aliphatic hydroxyl groups is 1. The Balaban J connectivity index is 1.44. The summed E-state index contributed by atoms with van der Waals surface area (Å²) in [6, 6.07) is 10.4. The maximum atomic E-state index is 13.1. The van der Waals surface area contributed by atoms with Crippen molar-refractivity contribution >= 4 is 33.3 Å². The van der Waals surface area contributed by atoms with E-state index >= 15 is 0 Å². The van der Waals surface area contributed by atoms with Gasteiger partial charge in [0.05, 0.1) is 10.00 Å². The van der Waals surface area contributed by atoms with E-state index in [0.29, 0.717) is 48.9 Å². The molecule has 1 atom stereocenters. The largest absolute Gasteiger partial charge is 0.396 e. The molecular weight excluding hydrogens is 466 g/mol. The van der Waals surface area contributed by atoms with E-state index in [1.54, 1.807) is 40.7 Å². The zero-order valence-corrected chi connectivity index (χ0v) is 20.0. The number of sulfone groups is 1. The topological polar surface area (TPSA) is 109 Å². The molecule has 0 unspecified atom stereocenters. The van der Waals surface area contributed by atoms with Gasteiger partial charge in [0.25, 0.3) is 11.8 Å². The highest BCUT2D eigenvalue weighted by atomic mass is 35.5. The number of rotatable bonds is 9. The molecule has 33 heavy (non-hydrogen) atoms. The van der Waals surface area contributed by atoms with Crippen LogP contribution in [0.2, 0.25) is 5.02 Å². The van der Waals surface area contributed by atoms with Crippen LogP contribution in [0.5, 0.6) is 0 Å². The molecule has 178 valence electrons. The van der Waals surface area contributed by atoms with E-state index in [1.807, 2.05) is 12.1 Å². The zero-order chi connectivity index (χ0) is 23.8. The summed E-state index contributed by atoms with van der Waals surface area (Å²) in [4.78, 5) is 27.4. The van der Waals surface area contributed by atoms with E-state index in [1.165, 1.54) is 0 Å². The van der Waals surface area contributed by atoms with Crippen molar-refractivity contribution in [2.24, 2.45) is 0 Å². The molecule has 1 aliphatic carbocycles. The summed E-state index contributed by atoms with van der Waals surface area (Å²) in [6.07, 6.45) is 1.23. The van der Waals surface area contributed by atoms with Gasteiger partial charge in [-0.2, -0.15) is 0 Å². The molecule has 2 aliphatic rings. The molecule has 2 N–H and O–H groups in total. The Bertz CT molecular complexity index is 1160. The summed E-state index contributed by atoms with van der Waals surface area (Å²) >= 11 is 5.89. The lowest BCUT2D eigenvalue weighted by atomic mass is 10.2. The van der Waals surface area contributed by atoms with E-state index in [-0.39, 0.29) is 31.4 Å². The fourth-order valence-corrected chi connectivity index (χ4v) is 6.79. The minimum absolute atomic E-state index is 0.146. The molecule has 0 bridgehead atoms. The van der Waals surface area contributed by atoms with Gasteiger partial charge in [-0.3, -0.25) is 9.59 Å². The predicted molar refractivity (Wildman–Crippen MR) is 125 cm³/mol. The summed E-state index contributed by atoms with van der Waals surface area (Å²) in [5, 5.41) is 12.0. The fraction of sp³-hybridized carbons (Fsp3) is 0.478. The molecule has 8 nitrogen and oxygen atoms in total. The van der Waals surface area contributed by atoms with Crippen molar-refractivity contribution in [3.05, 3.63) is 58.4 Å². The van der Waals surface area contributed by atoms with Gasteiger partial charge in [-0.25, -0.2) is 8.42 Å². The number of hydrogen-bond donors (Lipinski definition) is 2. The minimum Gasteiger partial charge on any atom is -0.396 e. The summed E-state index contributed by atoms with van der Waals surface area (Å²) in [5.41, 5.74) is 1.69. The number of aromatic nitrogens is 1. The van der Waals surface area contributed by atoms with Crippen LogP contribution >= 0.6 is 11.6 Å². The number of fused-ring (bicyclic) bond motifs is 1. The molecule has 0 spiro atoms. The number of nitrogens with zero attached hydrogens (tertiary/aromatic N) is 2. The second kappa shape index (κ2) is 9.12. The summed E-state index contributed by atoms with van der Waals surface area (Å²) in [7, 11) is -3.47. The van der Waals surface area contributed by atoms with Crippen molar-refractivity contribution in [2.45, 2.75) is 49.3 Å². The Morgan fingerprint density at radius 2 is 1.88 bits per heavy atom. The summed E-state index contributed by atoms with van der Waals surface area (Å²) in [6.45, 7) is 2.67. The molecule has 2 aromatic rings. The molecule has 2 amide bonds. The highest BCUT2D eigenvalue weighted by molar-refractivity contribution is 7.93. The summed E-state index contributed by atoms with van der Waals surface area (Å²) in [5.74, 6) is -0.550. The van der Waals surface area contributed by atoms with Gasteiger partial charge < -0.3 is 19.9 Å². The van der Waals surface area contributed by atoms with Crippen LogP contribution in [0.25, 0.3) is 0 Å². The predicted octanol–water partition coefficient (Wildman–Crippen LogP) is 2.25. The van der Waals surface area contributed by atoms with Crippen molar-refractivity contribution in [2.75, 3.05) is 19.7 Å². The standard InChI is InChI=1S/C23H28ClN3O5S/c1-16(8-13-28)33(31,32)23(9-10-23)15-26-11-12-27-19(6-7-20(27)22(26)30)21(29)25-14-17-2-4-18(24)5-3-17/h2-7,16,28H,8-15H2,1H3,(H,25,29)/t16-/m0/s1. The maximum absolute atomic E-state index is 13.1. The highest BCUT2D eigenvalue weighted by Gasteiger charge is 2.57. The lowest BCUT2D eigenvalue weighted by Gasteiger charge is -2.33. The zero-order valence-electron chi connectivity index (χ0n) is 18.5. The van der Waals surface area contributed by atoms with Crippen LogP contribution in [0.15, 0.2) is 36.4 Å². The van der Waals surface area contributed by atoms with Crippen molar-refractivity contribution in [3.63, 3.8) is 0 Å². The Morgan fingerprint density at radius 3 is 2.52 bits per heavy atom. The van der Waals surface area contributed by atoms with Crippen LogP contribution < -0.4 is 5.32 Å². The third-order valence-corrected chi connectivity index (χ3v) is 9.93. The number of halogens is 1.